The average Bonchev–Trinajstić information content (AvgIpc) is 3.53. The van der Waals surface area contributed by atoms with Crippen molar-refractivity contribution in [3.8, 4) is 5.75 Å². The van der Waals surface area contributed by atoms with Gasteiger partial charge in [-0.1, -0.05) is 18.2 Å². The maximum atomic E-state index is 12.8. The van der Waals surface area contributed by atoms with E-state index < -0.39 is 12.8 Å². The van der Waals surface area contributed by atoms with Gasteiger partial charge in [0, 0.05) is 11.5 Å². The molecule has 0 saturated heterocycles. The summed E-state index contributed by atoms with van der Waals surface area (Å²) in [5.74, 6) is 1.71. The van der Waals surface area contributed by atoms with Crippen molar-refractivity contribution in [2.45, 2.75) is 25.4 Å². The molecule has 150 valence electrons. The molecule has 7 heteroatoms. The molecule has 1 aromatic rings. The van der Waals surface area contributed by atoms with E-state index in [1.807, 2.05) is 24.3 Å². The van der Waals surface area contributed by atoms with Gasteiger partial charge < -0.3 is 19.5 Å². The van der Waals surface area contributed by atoms with Crippen molar-refractivity contribution >= 4 is 11.3 Å². The third kappa shape index (κ3) is 4.70. The zero-order chi connectivity index (χ0) is 19.6. The Bertz CT molecular complexity index is 823. The number of hydrogen-bond donors (Lipinski definition) is 1. The number of para-hydroxylation sites is 1. The first kappa shape index (κ1) is 18.9. The molecule has 4 rings (SSSR count). The predicted molar refractivity (Wildman–Crippen MR) is 99.9 cm³/mol. The van der Waals surface area contributed by atoms with Gasteiger partial charge in [-0.25, -0.2) is 0 Å². The van der Waals surface area contributed by atoms with Crippen LogP contribution in [0.4, 0.5) is 18.9 Å². The lowest BCUT2D eigenvalue weighted by molar-refractivity contribution is -0.153. The third-order valence-electron chi connectivity index (χ3n) is 4.82. The van der Waals surface area contributed by atoms with Crippen molar-refractivity contribution in [1.29, 1.82) is 0 Å². The van der Waals surface area contributed by atoms with Crippen molar-refractivity contribution in [3.05, 3.63) is 53.4 Å². The van der Waals surface area contributed by atoms with E-state index in [4.69, 9.17) is 14.2 Å². The lowest BCUT2D eigenvalue weighted by Crippen LogP contribution is -2.21. The Balaban J connectivity index is 1.60. The molecule has 0 aromatic heterocycles. The van der Waals surface area contributed by atoms with Gasteiger partial charge >= 0.3 is 6.18 Å². The third-order valence-corrected chi connectivity index (χ3v) is 4.82. The molecule has 0 bridgehead atoms. The molecule has 1 fully saturated rings. The van der Waals surface area contributed by atoms with Gasteiger partial charge in [0.15, 0.2) is 12.4 Å². The van der Waals surface area contributed by atoms with Crippen molar-refractivity contribution < 1.29 is 27.4 Å². The van der Waals surface area contributed by atoms with E-state index in [0.717, 1.165) is 29.9 Å². The minimum absolute atomic E-state index is 0.200. The summed E-state index contributed by atoms with van der Waals surface area (Å²) in [6.07, 6.45) is 4.26. The molecule has 1 saturated carbocycles. The van der Waals surface area contributed by atoms with Crippen LogP contribution in [0, 0.1) is 5.92 Å². The van der Waals surface area contributed by atoms with E-state index in [-0.39, 0.29) is 5.75 Å². The van der Waals surface area contributed by atoms with E-state index in [1.54, 1.807) is 12.1 Å². The highest BCUT2D eigenvalue weighted by Gasteiger charge is 2.30. The van der Waals surface area contributed by atoms with Crippen molar-refractivity contribution in [1.82, 2.24) is 0 Å². The molecule has 0 atom stereocenters. The average molecular weight is 393 g/mol. The van der Waals surface area contributed by atoms with Crippen LogP contribution in [0.1, 0.15) is 24.8 Å². The summed E-state index contributed by atoms with van der Waals surface area (Å²) in [7, 11) is 0. The topological polar surface area (TPSA) is 39.7 Å². The second-order valence-electron chi connectivity index (χ2n) is 7.09. The van der Waals surface area contributed by atoms with Crippen LogP contribution in [0.2, 0.25) is 0 Å². The van der Waals surface area contributed by atoms with Gasteiger partial charge in [0.2, 0.25) is 0 Å². The largest absolute Gasteiger partial charge is 0.491 e. The van der Waals surface area contributed by atoms with Crippen molar-refractivity contribution in [2.75, 3.05) is 31.7 Å². The molecule has 4 nitrogen and oxygen atoms in total. The second kappa shape index (κ2) is 7.91. The van der Waals surface area contributed by atoms with Gasteiger partial charge in [-0.3, -0.25) is 0 Å². The lowest BCUT2D eigenvalue weighted by Gasteiger charge is -2.23. The Morgan fingerprint density at radius 2 is 2.04 bits per heavy atom. The maximum Gasteiger partial charge on any atom is 0.422 e. The molecule has 0 radical (unpaired) electrons. The van der Waals surface area contributed by atoms with Crippen LogP contribution >= 0.6 is 0 Å². The highest BCUT2D eigenvalue weighted by Crippen LogP contribution is 2.40. The highest BCUT2D eigenvalue weighted by molar-refractivity contribution is 5.78. The fraction of sp³-hybridized carbons (Fsp3) is 0.429. The standard InChI is InChI=1S/C21H22F3NO3/c22-21(23,24)13-28-20-17(14-8-10-26-11-9-14)2-1-3-18(20)25-16-6-7-19(27-12-16)15-4-5-15/h1-3,6-8,15,25H,4-5,9-13H2. The van der Waals surface area contributed by atoms with E-state index in [9.17, 15) is 13.2 Å². The van der Waals surface area contributed by atoms with Crippen LogP contribution in [0.3, 0.4) is 0 Å². The predicted octanol–water partition coefficient (Wildman–Crippen LogP) is 5.05. The van der Waals surface area contributed by atoms with Gasteiger partial charge in [-0.15, -0.1) is 0 Å². The van der Waals surface area contributed by atoms with Crippen molar-refractivity contribution in [3.63, 3.8) is 0 Å². The SMILES string of the molecule is FC(F)(F)COc1c(NC2=CC=C(C3CC3)OC2)cccc1C1=CCOCC1. The molecular weight excluding hydrogens is 371 g/mol. The summed E-state index contributed by atoms with van der Waals surface area (Å²) in [5.41, 5.74) is 2.85. The number of benzene rings is 1. The molecule has 3 aliphatic rings. The Morgan fingerprint density at radius 3 is 2.68 bits per heavy atom. The quantitative estimate of drug-likeness (QED) is 0.734. The monoisotopic (exact) mass is 393 g/mol. The number of nitrogens with one attached hydrogen (secondary N) is 1. The van der Waals surface area contributed by atoms with Gasteiger partial charge in [-0.2, -0.15) is 13.2 Å². The Labute approximate surface area is 161 Å². The second-order valence-corrected chi connectivity index (χ2v) is 7.09. The molecule has 0 amide bonds. The Kier molecular flexibility index (Phi) is 5.35. The summed E-state index contributed by atoms with van der Waals surface area (Å²) in [5, 5.41) is 3.19. The smallest absolute Gasteiger partial charge is 0.422 e. The van der Waals surface area contributed by atoms with Crippen LogP contribution in [0.15, 0.2) is 47.9 Å². The number of halogens is 3. The molecular formula is C21H22F3NO3. The minimum Gasteiger partial charge on any atom is -0.491 e. The molecule has 1 aromatic carbocycles. The number of hydrogen-bond acceptors (Lipinski definition) is 4. The lowest BCUT2D eigenvalue weighted by atomic mass is 9.99. The van der Waals surface area contributed by atoms with E-state index in [1.165, 1.54) is 0 Å². The van der Waals surface area contributed by atoms with Gasteiger partial charge in [0.25, 0.3) is 0 Å². The molecule has 0 spiro atoms. The summed E-state index contributed by atoms with van der Waals surface area (Å²) in [4.78, 5) is 0. The molecule has 0 unspecified atom stereocenters. The number of anilines is 1. The van der Waals surface area contributed by atoms with E-state index >= 15 is 0 Å². The minimum atomic E-state index is -4.41. The fourth-order valence-corrected chi connectivity index (χ4v) is 3.28. The summed E-state index contributed by atoms with van der Waals surface area (Å²) >= 11 is 0. The van der Waals surface area contributed by atoms with Gasteiger partial charge in [0.1, 0.15) is 6.61 Å². The molecule has 2 heterocycles. The molecule has 28 heavy (non-hydrogen) atoms. The first-order chi connectivity index (χ1) is 13.5. The Hall–Kier alpha value is -2.41. The normalized spacial score (nSPS) is 19.9. The number of alkyl halides is 3. The Morgan fingerprint density at radius 1 is 1.18 bits per heavy atom. The maximum absolute atomic E-state index is 12.8. The van der Waals surface area contributed by atoms with Crippen LogP contribution in [-0.2, 0) is 9.47 Å². The highest BCUT2D eigenvalue weighted by atomic mass is 19.4. The van der Waals surface area contributed by atoms with Crippen molar-refractivity contribution in [2.24, 2.45) is 5.92 Å². The number of ether oxygens (including phenoxy) is 3. The number of allylic oxidation sites excluding steroid dienone is 3. The van der Waals surface area contributed by atoms with Gasteiger partial charge in [0.05, 0.1) is 30.4 Å². The first-order valence-electron chi connectivity index (χ1n) is 9.40. The summed E-state index contributed by atoms with van der Waals surface area (Å²) < 4.78 is 54.8. The zero-order valence-electron chi connectivity index (χ0n) is 15.3. The summed E-state index contributed by atoms with van der Waals surface area (Å²) in [6, 6.07) is 5.31. The molecule has 1 N–H and O–H groups in total. The van der Waals surface area contributed by atoms with E-state index in [2.05, 4.69) is 5.32 Å². The van der Waals surface area contributed by atoms with Crippen LogP contribution in [0.25, 0.3) is 5.57 Å². The summed E-state index contributed by atoms with van der Waals surface area (Å²) in [6.45, 7) is 0.000916. The fourth-order valence-electron chi connectivity index (χ4n) is 3.28. The van der Waals surface area contributed by atoms with Crippen LogP contribution < -0.4 is 10.1 Å². The van der Waals surface area contributed by atoms with E-state index in [0.29, 0.717) is 43.4 Å². The van der Waals surface area contributed by atoms with Gasteiger partial charge in [-0.05, 0) is 43.1 Å². The zero-order valence-corrected chi connectivity index (χ0v) is 15.3. The van der Waals surface area contributed by atoms with Crippen LogP contribution in [0.5, 0.6) is 5.75 Å². The molecule has 2 aliphatic heterocycles. The van der Waals surface area contributed by atoms with Crippen LogP contribution in [-0.4, -0.2) is 32.6 Å². The number of rotatable bonds is 6. The molecule has 1 aliphatic carbocycles. The first-order valence-corrected chi connectivity index (χ1v) is 9.40.